The van der Waals surface area contributed by atoms with Gasteiger partial charge in [-0.3, -0.25) is 9.59 Å². The maximum atomic E-state index is 12.5. The van der Waals surface area contributed by atoms with Crippen LogP contribution in [0.15, 0.2) is 66.7 Å². The highest BCUT2D eigenvalue weighted by molar-refractivity contribution is 5.97. The minimum atomic E-state index is -0.494. The number of nitrogens with two attached hydrogens (primary N) is 1. The van der Waals surface area contributed by atoms with E-state index in [0.29, 0.717) is 11.3 Å². The molecule has 0 fully saturated rings. The molecule has 140 valence electrons. The minimum absolute atomic E-state index is 0.157. The Morgan fingerprint density at radius 2 is 1.57 bits per heavy atom. The number of amides is 2. The first kappa shape index (κ1) is 17.8. The van der Waals surface area contributed by atoms with Crippen molar-refractivity contribution >= 4 is 23.2 Å². The van der Waals surface area contributed by atoms with E-state index in [1.165, 1.54) is 22.3 Å². The van der Waals surface area contributed by atoms with Crippen LogP contribution in [0.3, 0.4) is 0 Å². The number of rotatable bonds is 5. The van der Waals surface area contributed by atoms with E-state index >= 15 is 0 Å². The average molecular weight is 371 g/mol. The fourth-order valence-electron chi connectivity index (χ4n) is 3.52. The van der Waals surface area contributed by atoms with E-state index in [0.717, 1.165) is 12.1 Å². The summed E-state index contributed by atoms with van der Waals surface area (Å²) in [6.07, 6.45) is 0.911. The summed E-state index contributed by atoms with van der Waals surface area (Å²) in [5.41, 5.74) is 12.3. The maximum absolute atomic E-state index is 12.5. The molecular formula is C23H21N3O2. The van der Waals surface area contributed by atoms with Gasteiger partial charge in [-0.25, -0.2) is 0 Å². The molecule has 4 N–H and O–H groups in total. The second-order valence-corrected chi connectivity index (χ2v) is 7.00. The molecule has 4 rings (SSSR count). The zero-order chi connectivity index (χ0) is 19.7. The number of carbonyl (C=O) groups is 2. The fraction of sp³-hybridized carbons (Fsp3) is 0.130. The third-order valence-corrected chi connectivity index (χ3v) is 5.01. The molecule has 0 heterocycles. The van der Waals surface area contributed by atoms with Crippen LogP contribution < -0.4 is 16.4 Å². The highest BCUT2D eigenvalue weighted by Crippen LogP contribution is 2.37. The van der Waals surface area contributed by atoms with Crippen LogP contribution in [0.5, 0.6) is 0 Å². The van der Waals surface area contributed by atoms with E-state index in [1.54, 1.807) is 24.3 Å². The van der Waals surface area contributed by atoms with Gasteiger partial charge >= 0.3 is 0 Å². The number of fused-ring (bicyclic) bond motifs is 3. The maximum Gasteiger partial charge on any atom is 0.248 e. The lowest BCUT2D eigenvalue weighted by molar-refractivity contribution is -0.116. The summed E-state index contributed by atoms with van der Waals surface area (Å²) < 4.78 is 0. The molecule has 0 radical (unpaired) electrons. The molecule has 5 nitrogen and oxygen atoms in total. The monoisotopic (exact) mass is 371 g/mol. The van der Waals surface area contributed by atoms with Crippen molar-refractivity contribution < 1.29 is 9.59 Å². The summed E-state index contributed by atoms with van der Waals surface area (Å²) in [6, 6.07) is 20.7. The van der Waals surface area contributed by atoms with Crippen LogP contribution in [0, 0.1) is 0 Å². The number of hydrogen-bond acceptors (Lipinski definition) is 3. The van der Waals surface area contributed by atoms with Gasteiger partial charge in [-0.1, -0.05) is 30.3 Å². The van der Waals surface area contributed by atoms with Crippen molar-refractivity contribution in [2.45, 2.75) is 19.4 Å². The molecule has 1 aliphatic rings. The molecule has 1 aliphatic carbocycles. The Hall–Kier alpha value is -3.60. The Labute approximate surface area is 163 Å². The van der Waals surface area contributed by atoms with Gasteiger partial charge in [0.2, 0.25) is 11.8 Å². The first-order valence-corrected chi connectivity index (χ1v) is 9.20. The third kappa shape index (κ3) is 3.47. The summed E-state index contributed by atoms with van der Waals surface area (Å²) in [6.45, 7) is 1.81. The van der Waals surface area contributed by atoms with Crippen LogP contribution in [0.2, 0.25) is 0 Å². The van der Waals surface area contributed by atoms with Crippen LogP contribution in [-0.4, -0.2) is 17.9 Å². The average Bonchev–Trinajstić information content (AvgIpc) is 3.06. The molecule has 28 heavy (non-hydrogen) atoms. The van der Waals surface area contributed by atoms with Gasteiger partial charge in [-0.15, -0.1) is 0 Å². The van der Waals surface area contributed by atoms with E-state index in [4.69, 9.17) is 5.73 Å². The molecule has 1 atom stereocenters. The minimum Gasteiger partial charge on any atom is -0.374 e. The van der Waals surface area contributed by atoms with Crippen molar-refractivity contribution in [2.75, 3.05) is 10.6 Å². The van der Waals surface area contributed by atoms with Crippen molar-refractivity contribution in [3.63, 3.8) is 0 Å². The van der Waals surface area contributed by atoms with Crippen LogP contribution >= 0.6 is 0 Å². The molecule has 3 aromatic carbocycles. The molecule has 5 heteroatoms. The molecular weight excluding hydrogens is 350 g/mol. The second kappa shape index (κ2) is 7.19. The first-order chi connectivity index (χ1) is 13.5. The van der Waals surface area contributed by atoms with Gasteiger partial charge < -0.3 is 16.4 Å². The number of nitrogens with one attached hydrogen (secondary N) is 2. The molecule has 0 aliphatic heterocycles. The second-order valence-electron chi connectivity index (χ2n) is 7.00. The van der Waals surface area contributed by atoms with Crippen LogP contribution in [-0.2, 0) is 11.2 Å². The smallest absolute Gasteiger partial charge is 0.248 e. The Bertz CT molecular complexity index is 1060. The Morgan fingerprint density at radius 3 is 2.32 bits per heavy atom. The summed E-state index contributed by atoms with van der Waals surface area (Å²) in [5, 5.41) is 6.10. The lowest BCUT2D eigenvalue weighted by Crippen LogP contribution is -2.31. The molecule has 0 saturated heterocycles. The number of anilines is 2. The topological polar surface area (TPSA) is 84.2 Å². The van der Waals surface area contributed by atoms with Crippen molar-refractivity contribution in [1.82, 2.24) is 0 Å². The van der Waals surface area contributed by atoms with E-state index in [1.807, 2.05) is 13.0 Å². The van der Waals surface area contributed by atoms with Gasteiger partial charge in [0.05, 0.1) is 0 Å². The van der Waals surface area contributed by atoms with E-state index < -0.39 is 11.9 Å². The van der Waals surface area contributed by atoms with Gasteiger partial charge in [0.1, 0.15) is 6.04 Å². The van der Waals surface area contributed by atoms with Crippen molar-refractivity contribution in [2.24, 2.45) is 5.73 Å². The molecule has 0 saturated carbocycles. The Kier molecular flexibility index (Phi) is 4.57. The fourth-order valence-corrected chi connectivity index (χ4v) is 3.52. The summed E-state index contributed by atoms with van der Waals surface area (Å²) >= 11 is 0. The Balaban J connectivity index is 1.42. The summed E-state index contributed by atoms with van der Waals surface area (Å²) in [5.74, 6) is -0.651. The van der Waals surface area contributed by atoms with Gasteiger partial charge in [-0.05, 0) is 72.0 Å². The highest BCUT2D eigenvalue weighted by atomic mass is 16.2. The number of benzene rings is 3. The largest absolute Gasteiger partial charge is 0.374 e. The lowest BCUT2D eigenvalue weighted by atomic mass is 10.1. The molecule has 0 unspecified atom stereocenters. The zero-order valence-electron chi connectivity index (χ0n) is 15.5. The van der Waals surface area contributed by atoms with Crippen LogP contribution in [0.4, 0.5) is 11.4 Å². The van der Waals surface area contributed by atoms with Crippen molar-refractivity contribution in [3.8, 4) is 11.1 Å². The SMILES string of the molecule is C[C@H](Nc1ccc2c(c1)Cc1ccccc1-2)C(=O)Nc1ccc(C(N)=O)cc1. The Morgan fingerprint density at radius 1 is 0.893 bits per heavy atom. The number of carbonyl (C=O) groups excluding carboxylic acids is 2. The normalized spacial score (nSPS) is 12.6. The van der Waals surface area contributed by atoms with Crippen LogP contribution in [0.1, 0.15) is 28.4 Å². The number of primary amides is 1. The number of hydrogen-bond donors (Lipinski definition) is 3. The summed E-state index contributed by atoms with van der Waals surface area (Å²) in [7, 11) is 0. The van der Waals surface area contributed by atoms with E-state index in [-0.39, 0.29) is 5.91 Å². The van der Waals surface area contributed by atoms with E-state index in [9.17, 15) is 9.59 Å². The standard InChI is InChI=1S/C23H21N3O2/c1-14(23(28)26-18-8-6-15(7-9-18)22(24)27)25-19-10-11-21-17(13-19)12-16-4-2-3-5-20(16)21/h2-11,13-14,25H,12H2,1H3,(H2,24,27)(H,26,28)/t14-/m0/s1. The molecule has 0 bridgehead atoms. The van der Waals surface area contributed by atoms with Gasteiger partial charge in [0, 0.05) is 16.9 Å². The molecule has 0 aromatic heterocycles. The van der Waals surface area contributed by atoms with Crippen molar-refractivity contribution in [3.05, 3.63) is 83.4 Å². The zero-order valence-corrected chi connectivity index (χ0v) is 15.5. The molecule has 3 aromatic rings. The molecule has 0 spiro atoms. The molecule has 2 amide bonds. The van der Waals surface area contributed by atoms with Gasteiger partial charge in [-0.2, -0.15) is 0 Å². The predicted molar refractivity (Wildman–Crippen MR) is 111 cm³/mol. The van der Waals surface area contributed by atoms with Gasteiger partial charge in [0.25, 0.3) is 0 Å². The summed E-state index contributed by atoms with van der Waals surface area (Å²) in [4.78, 5) is 23.6. The highest BCUT2D eigenvalue weighted by Gasteiger charge is 2.19. The van der Waals surface area contributed by atoms with Crippen LogP contribution in [0.25, 0.3) is 11.1 Å². The lowest BCUT2D eigenvalue weighted by Gasteiger charge is -2.16. The van der Waals surface area contributed by atoms with E-state index in [2.05, 4.69) is 47.0 Å². The predicted octanol–water partition coefficient (Wildman–Crippen LogP) is 3.80. The third-order valence-electron chi connectivity index (χ3n) is 5.01. The van der Waals surface area contributed by atoms with Gasteiger partial charge in [0.15, 0.2) is 0 Å². The van der Waals surface area contributed by atoms with Crippen molar-refractivity contribution in [1.29, 1.82) is 0 Å². The quantitative estimate of drug-likeness (QED) is 0.499. The first-order valence-electron chi connectivity index (χ1n) is 9.20.